The fourth-order valence-electron chi connectivity index (χ4n) is 2.06. The van der Waals surface area contributed by atoms with Gasteiger partial charge in [0.15, 0.2) is 0 Å². The third-order valence-electron chi connectivity index (χ3n) is 3.11. The van der Waals surface area contributed by atoms with Crippen molar-refractivity contribution in [3.05, 3.63) is 34.9 Å². The predicted octanol–water partition coefficient (Wildman–Crippen LogP) is 0.0880. The molecule has 6 heteroatoms. The summed E-state index contributed by atoms with van der Waals surface area (Å²) in [6.45, 7) is 2.92. The zero-order valence-electron chi connectivity index (χ0n) is 11.3. The number of aliphatic hydroxyl groups excluding tert-OH is 1. The smallest absolute Gasteiger partial charge is 0.262 e. The first-order valence-corrected chi connectivity index (χ1v) is 6.31. The number of nitrogens with zero attached hydrogens (tertiary/aromatic N) is 1. The highest BCUT2D eigenvalue weighted by atomic mass is 16.3. The number of nitrogens with one attached hydrogen (secondary N) is 1. The van der Waals surface area contributed by atoms with E-state index in [1.165, 1.54) is 0 Å². The molecular weight excluding hydrogens is 260 g/mol. The van der Waals surface area contributed by atoms with Gasteiger partial charge in [0, 0.05) is 6.04 Å². The molecule has 0 radical (unpaired) electrons. The summed E-state index contributed by atoms with van der Waals surface area (Å²) in [5.41, 5.74) is 1.53. The lowest BCUT2D eigenvalue weighted by Crippen LogP contribution is -2.44. The summed E-state index contributed by atoms with van der Waals surface area (Å²) in [6.07, 6.45) is 0. The van der Waals surface area contributed by atoms with Crippen LogP contribution in [0.1, 0.15) is 33.2 Å². The molecule has 106 valence electrons. The Balaban J connectivity index is 2.14. The van der Waals surface area contributed by atoms with E-state index in [4.69, 9.17) is 5.11 Å². The molecule has 3 amide bonds. The van der Waals surface area contributed by atoms with Gasteiger partial charge in [-0.1, -0.05) is 11.6 Å². The zero-order chi connectivity index (χ0) is 14.9. The Morgan fingerprint density at radius 2 is 1.95 bits per heavy atom. The van der Waals surface area contributed by atoms with Gasteiger partial charge >= 0.3 is 0 Å². The molecule has 0 aliphatic carbocycles. The minimum Gasteiger partial charge on any atom is -0.394 e. The molecule has 1 aliphatic rings. The Labute approximate surface area is 116 Å². The molecule has 0 spiro atoms. The van der Waals surface area contributed by atoms with Gasteiger partial charge in [0.25, 0.3) is 11.8 Å². The second-order valence-corrected chi connectivity index (χ2v) is 4.90. The van der Waals surface area contributed by atoms with E-state index in [-0.39, 0.29) is 13.2 Å². The number of imide groups is 1. The van der Waals surface area contributed by atoms with Crippen LogP contribution >= 0.6 is 0 Å². The molecule has 1 atom stereocenters. The fraction of sp³-hybridized carbons (Fsp3) is 0.357. The molecule has 0 fully saturated rings. The minimum atomic E-state index is -0.474. The van der Waals surface area contributed by atoms with E-state index < -0.39 is 23.8 Å². The van der Waals surface area contributed by atoms with E-state index in [2.05, 4.69) is 5.32 Å². The second-order valence-electron chi connectivity index (χ2n) is 4.90. The summed E-state index contributed by atoms with van der Waals surface area (Å²) >= 11 is 0. The number of carbonyl (C=O) groups excluding carboxylic acids is 3. The minimum absolute atomic E-state index is 0.201. The molecule has 1 heterocycles. The van der Waals surface area contributed by atoms with E-state index >= 15 is 0 Å². The average molecular weight is 276 g/mol. The molecule has 6 nitrogen and oxygen atoms in total. The highest BCUT2D eigenvalue weighted by molar-refractivity contribution is 6.22. The molecule has 2 N–H and O–H groups in total. The van der Waals surface area contributed by atoms with E-state index in [9.17, 15) is 14.4 Å². The molecule has 1 aliphatic heterocycles. The molecular formula is C14H16N2O4. The number of rotatable bonds is 4. The van der Waals surface area contributed by atoms with Crippen molar-refractivity contribution in [1.29, 1.82) is 0 Å². The molecule has 1 aromatic rings. The number of aryl methyl sites for hydroxylation is 1. The largest absolute Gasteiger partial charge is 0.394 e. The van der Waals surface area contributed by atoms with Gasteiger partial charge in [-0.15, -0.1) is 0 Å². The topological polar surface area (TPSA) is 86.7 Å². The van der Waals surface area contributed by atoms with Crippen molar-refractivity contribution in [3.63, 3.8) is 0 Å². The first-order valence-electron chi connectivity index (χ1n) is 6.31. The van der Waals surface area contributed by atoms with E-state index in [0.717, 1.165) is 10.5 Å². The molecule has 0 aromatic heterocycles. The lowest BCUT2D eigenvalue weighted by atomic mass is 10.1. The molecule has 1 unspecified atom stereocenters. The fourth-order valence-corrected chi connectivity index (χ4v) is 2.06. The number of hydrogen-bond donors (Lipinski definition) is 2. The van der Waals surface area contributed by atoms with Gasteiger partial charge in [-0.3, -0.25) is 19.3 Å². The number of aliphatic hydroxyl groups is 1. The number of fused-ring (bicyclic) bond motifs is 1. The van der Waals surface area contributed by atoms with Crippen molar-refractivity contribution in [1.82, 2.24) is 10.2 Å². The standard InChI is InChI=1S/C14H16N2O4/c1-8-3-4-10-11(5-8)14(20)16(13(10)19)6-12(18)15-9(2)7-17/h3-5,9,17H,6-7H2,1-2H3,(H,15,18). The van der Waals surface area contributed by atoms with Crippen LogP contribution < -0.4 is 5.32 Å². The number of carbonyl (C=O) groups is 3. The van der Waals surface area contributed by atoms with Crippen molar-refractivity contribution in [3.8, 4) is 0 Å². The molecule has 20 heavy (non-hydrogen) atoms. The summed E-state index contributed by atoms with van der Waals surface area (Å²) in [4.78, 5) is 36.8. The van der Waals surface area contributed by atoms with Gasteiger partial charge in [-0.2, -0.15) is 0 Å². The lowest BCUT2D eigenvalue weighted by Gasteiger charge is -2.15. The van der Waals surface area contributed by atoms with Gasteiger partial charge < -0.3 is 10.4 Å². The molecule has 0 saturated heterocycles. The maximum absolute atomic E-state index is 12.1. The van der Waals surface area contributed by atoms with Crippen LogP contribution in [0, 0.1) is 6.92 Å². The lowest BCUT2D eigenvalue weighted by molar-refractivity contribution is -0.122. The monoisotopic (exact) mass is 276 g/mol. The Bertz CT molecular complexity index is 583. The summed E-state index contributed by atoms with van der Waals surface area (Å²) < 4.78 is 0. The Hall–Kier alpha value is -2.21. The number of benzene rings is 1. The highest BCUT2D eigenvalue weighted by Gasteiger charge is 2.36. The van der Waals surface area contributed by atoms with Crippen LogP contribution in [0.5, 0.6) is 0 Å². The third kappa shape index (κ3) is 2.55. The van der Waals surface area contributed by atoms with E-state index in [0.29, 0.717) is 11.1 Å². The van der Waals surface area contributed by atoms with E-state index in [1.807, 2.05) is 6.92 Å². The van der Waals surface area contributed by atoms with Crippen LogP contribution in [0.15, 0.2) is 18.2 Å². The van der Waals surface area contributed by atoms with Crippen LogP contribution in [0.4, 0.5) is 0 Å². The maximum atomic E-state index is 12.1. The summed E-state index contributed by atoms with van der Waals surface area (Å²) in [5.74, 6) is -1.39. The normalized spacial score (nSPS) is 15.2. The van der Waals surface area contributed by atoms with Gasteiger partial charge in [-0.05, 0) is 26.0 Å². The predicted molar refractivity (Wildman–Crippen MR) is 71.2 cm³/mol. The SMILES string of the molecule is Cc1ccc2c(c1)C(=O)N(CC(=O)NC(C)CO)C2=O. The summed E-state index contributed by atoms with van der Waals surface area (Å²) in [5, 5.41) is 11.4. The second kappa shape index (κ2) is 5.42. The molecule has 0 bridgehead atoms. The highest BCUT2D eigenvalue weighted by Crippen LogP contribution is 2.23. The van der Waals surface area contributed by atoms with E-state index in [1.54, 1.807) is 25.1 Å². The van der Waals surface area contributed by atoms with Crippen LogP contribution in [0.3, 0.4) is 0 Å². The number of hydrogen-bond acceptors (Lipinski definition) is 4. The Morgan fingerprint density at radius 1 is 1.30 bits per heavy atom. The van der Waals surface area contributed by atoms with Crippen LogP contribution in [-0.2, 0) is 4.79 Å². The molecule has 0 saturated carbocycles. The van der Waals surface area contributed by atoms with Crippen LogP contribution in [0.2, 0.25) is 0 Å². The third-order valence-corrected chi connectivity index (χ3v) is 3.11. The van der Waals surface area contributed by atoms with Crippen molar-refractivity contribution in [2.45, 2.75) is 19.9 Å². The van der Waals surface area contributed by atoms with Crippen molar-refractivity contribution < 1.29 is 19.5 Å². The van der Waals surface area contributed by atoms with Crippen molar-refractivity contribution in [2.24, 2.45) is 0 Å². The van der Waals surface area contributed by atoms with Gasteiger partial charge in [0.2, 0.25) is 5.91 Å². The first kappa shape index (κ1) is 14.2. The van der Waals surface area contributed by atoms with Gasteiger partial charge in [0.1, 0.15) is 6.54 Å². The van der Waals surface area contributed by atoms with Crippen LogP contribution in [-0.4, -0.2) is 46.9 Å². The van der Waals surface area contributed by atoms with Gasteiger partial charge in [-0.25, -0.2) is 0 Å². The molecule has 1 aromatic carbocycles. The maximum Gasteiger partial charge on any atom is 0.262 e. The Kier molecular flexibility index (Phi) is 3.85. The zero-order valence-corrected chi connectivity index (χ0v) is 11.3. The summed E-state index contributed by atoms with van der Waals surface area (Å²) in [6, 6.07) is 4.57. The quantitative estimate of drug-likeness (QED) is 0.763. The number of amides is 3. The summed E-state index contributed by atoms with van der Waals surface area (Å²) in [7, 11) is 0. The van der Waals surface area contributed by atoms with Crippen molar-refractivity contribution >= 4 is 17.7 Å². The first-order chi connectivity index (χ1) is 9.43. The Morgan fingerprint density at radius 3 is 2.60 bits per heavy atom. The van der Waals surface area contributed by atoms with Crippen molar-refractivity contribution in [2.75, 3.05) is 13.2 Å². The van der Waals surface area contributed by atoms with Crippen LogP contribution in [0.25, 0.3) is 0 Å². The average Bonchev–Trinajstić information content (AvgIpc) is 2.63. The molecule has 2 rings (SSSR count). The van der Waals surface area contributed by atoms with Gasteiger partial charge in [0.05, 0.1) is 17.7 Å².